The van der Waals surface area contributed by atoms with Gasteiger partial charge in [-0.15, -0.1) is 0 Å². The molecule has 5 heteroatoms. The van der Waals surface area contributed by atoms with Crippen molar-refractivity contribution in [3.05, 3.63) is 29.8 Å². The number of rotatable bonds is 7. The Morgan fingerprint density at radius 1 is 1.14 bits per heavy atom. The van der Waals surface area contributed by atoms with Crippen LogP contribution >= 0.6 is 0 Å². The molecule has 0 unspecified atom stereocenters. The molecule has 0 aromatic heterocycles. The summed E-state index contributed by atoms with van der Waals surface area (Å²) < 4.78 is 27.0. The van der Waals surface area contributed by atoms with Gasteiger partial charge in [-0.05, 0) is 39.3 Å². The van der Waals surface area contributed by atoms with E-state index in [-0.39, 0.29) is 0 Å². The van der Waals surface area contributed by atoms with Gasteiger partial charge in [-0.2, -0.15) is 0 Å². The lowest BCUT2D eigenvalue weighted by molar-refractivity contribution is 0.524. The molecule has 0 saturated heterocycles. The number of sulfonamides is 1. The summed E-state index contributed by atoms with van der Waals surface area (Å²) in [5, 5.41) is 0. The molecule has 4 nitrogen and oxygen atoms in total. The molecule has 0 atom stereocenters. The van der Waals surface area contributed by atoms with Gasteiger partial charge in [-0.3, -0.25) is 9.30 Å². The first kappa shape index (κ1) is 17.7. The first-order chi connectivity index (χ1) is 9.97. The number of aryl methyl sites for hydroxylation is 1. The second-order valence-electron chi connectivity index (χ2n) is 4.98. The average Bonchev–Trinajstić information content (AvgIpc) is 2.45. The molecule has 1 rings (SSSR count). The van der Waals surface area contributed by atoms with E-state index in [1.54, 1.807) is 12.1 Å². The van der Waals surface area contributed by atoms with Gasteiger partial charge in [0.15, 0.2) is 0 Å². The number of benzene rings is 1. The van der Waals surface area contributed by atoms with E-state index in [1.807, 2.05) is 32.9 Å². The van der Waals surface area contributed by atoms with E-state index in [4.69, 9.17) is 0 Å². The highest BCUT2D eigenvalue weighted by Gasteiger charge is 2.25. The van der Waals surface area contributed by atoms with Gasteiger partial charge in [0.05, 0.1) is 4.90 Å². The van der Waals surface area contributed by atoms with Crippen LogP contribution < -0.4 is 0 Å². The van der Waals surface area contributed by atoms with Crippen LogP contribution in [-0.4, -0.2) is 31.6 Å². The van der Waals surface area contributed by atoms with Crippen LogP contribution in [0, 0.1) is 6.92 Å². The smallest absolute Gasteiger partial charge is 0.265 e. The van der Waals surface area contributed by atoms with Gasteiger partial charge in [0, 0.05) is 19.5 Å². The molecular formula is C16H26N2O2S. The number of nitrogens with zero attached hydrogens (tertiary/aromatic N) is 2. The molecule has 0 saturated carbocycles. The highest BCUT2D eigenvalue weighted by Crippen LogP contribution is 2.18. The molecule has 0 amide bonds. The summed E-state index contributed by atoms with van der Waals surface area (Å²) in [5.41, 5.74) is 1.05. The predicted octanol–water partition coefficient (Wildman–Crippen LogP) is 3.61. The molecular weight excluding hydrogens is 284 g/mol. The van der Waals surface area contributed by atoms with E-state index in [0.29, 0.717) is 30.2 Å². The third kappa shape index (κ3) is 4.56. The molecule has 21 heavy (non-hydrogen) atoms. The van der Waals surface area contributed by atoms with Crippen LogP contribution in [-0.2, 0) is 10.0 Å². The Morgan fingerprint density at radius 2 is 1.76 bits per heavy atom. The predicted molar refractivity (Wildman–Crippen MR) is 88.2 cm³/mol. The quantitative estimate of drug-likeness (QED) is 0.570. The minimum Gasteiger partial charge on any atom is -0.272 e. The minimum absolute atomic E-state index is 0.329. The Labute approximate surface area is 128 Å². The Bertz CT molecular complexity index is 562. The summed E-state index contributed by atoms with van der Waals surface area (Å²) in [5.74, 6) is 0.669. The fraction of sp³-hybridized carbons (Fsp3) is 0.562. The molecule has 0 aliphatic heterocycles. The minimum atomic E-state index is -3.52. The third-order valence-corrected chi connectivity index (χ3v) is 5.20. The Balaban J connectivity index is 3.16. The zero-order valence-electron chi connectivity index (χ0n) is 13.5. The summed E-state index contributed by atoms with van der Waals surface area (Å²) in [6.45, 7) is 8.81. The van der Waals surface area contributed by atoms with Crippen LogP contribution in [0.15, 0.2) is 34.2 Å². The van der Waals surface area contributed by atoms with Gasteiger partial charge in [0.2, 0.25) is 0 Å². The summed E-state index contributed by atoms with van der Waals surface area (Å²) in [4.78, 5) is 4.73. The zero-order chi connectivity index (χ0) is 15.9. The lowest BCUT2D eigenvalue weighted by Crippen LogP contribution is -2.37. The number of amidine groups is 1. The number of hydrogen-bond donors (Lipinski definition) is 0. The van der Waals surface area contributed by atoms with E-state index in [2.05, 4.69) is 11.9 Å². The summed E-state index contributed by atoms with van der Waals surface area (Å²) in [6, 6.07) is 6.97. The average molecular weight is 310 g/mol. The number of unbranched alkanes of at least 4 members (excludes halogenated alkanes) is 1. The van der Waals surface area contributed by atoms with Crippen LogP contribution in [0.25, 0.3) is 0 Å². The van der Waals surface area contributed by atoms with Crippen LogP contribution in [0.3, 0.4) is 0 Å². The maximum absolute atomic E-state index is 12.8. The summed E-state index contributed by atoms with van der Waals surface area (Å²) in [6.07, 6.45) is 2.66. The van der Waals surface area contributed by atoms with Crippen molar-refractivity contribution in [1.82, 2.24) is 4.31 Å². The van der Waals surface area contributed by atoms with Gasteiger partial charge < -0.3 is 0 Å². The van der Waals surface area contributed by atoms with Crippen molar-refractivity contribution in [2.75, 3.05) is 13.1 Å². The Hall–Kier alpha value is -1.36. The van der Waals surface area contributed by atoms with Crippen molar-refractivity contribution in [1.29, 1.82) is 0 Å². The van der Waals surface area contributed by atoms with E-state index in [0.717, 1.165) is 18.4 Å². The Kier molecular flexibility index (Phi) is 6.89. The maximum Gasteiger partial charge on any atom is 0.265 e. The van der Waals surface area contributed by atoms with Gasteiger partial charge in [0.25, 0.3) is 10.0 Å². The van der Waals surface area contributed by atoms with Crippen molar-refractivity contribution in [2.45, 2.75) is 51.9 Å². The van der Waals surface area contributed by atoms with Crippen molar-refractivity contribution < 1.29 is 8.42 Å². The zero-order valence-corrected chi connectivity index (χ0v) is 14.3. The van der Waals surface area contributed by atoms with Crippen molar-refractivity contribution in [3.63, 3.8) is 0 Å². The molecule has 0 aliphatic rings. The fourth-order valence-corrected chi connectivity index (χ4v) is 3.63. The van der Waals surface area contributed by atoms with Gasteiger partial charge in [-0.1, -0.05) is 31.0 Å². The molecule has 118 valence electrons. The van der Waals surface area contributed by atoms with Crippen LogP contribution in [0.2, 0.25) is 0 Å². The molecule has 0 aliphatic carbocycles. The molecule has 1 aromatic carbocycles. The second-order valence-corrected chi connectivity index (χ2v) is 6.84. The monoisotopic (exact) mass is 310 g/mol. The van der Waals surface area contributed by atoms with Gasteiger partial charge >= 0.3 is 0 Å². The van der Waals surface area contributed by atoms with Gasteiger partial charge in [0.1, 0.15) is 5.84 Å². The molecule has 0 bridgehead atoms. The van der Waals surface area contributed by atoms with Gasteiger partial charge in [-0.25, -0.2) is 8.42 Å². The lowest BCUT2D eigenvalue weighted by atomic mass is 10.2. The standard InChI is InChI=1S/C16H26N2O2S/c1-5-8-9-16(17-6-2)18(7-3)21(19,20)15-12-10-14(4)11-13-15/h10-13H,5-9H2,1-4H3. The van der Waals surface area contributed by atoms with Crippen molar-refractivity contribution in [2.24, 2.45) is 4.99 Å². The molecule has 0 spiro atoms. The summed E-state index contributed by atoms with van der Waals surface area (Å²) >= 11 is 0. The molecule has 0 N–H and O–H groups in total. The van der Waals surface area contributed by atoms with Crippen LogP contribution in [0.1, 0.15) is 45.6 Å². The van der Waals surface area contributed by atoms with Crippen molar-refractivity contribution in [3.8, 4) is 0 Å². The van der Waals surface area contributed by atoms with E-state index in [9.17, 15) is 8.42 Å². The maximum atomic E-state index is 12.8. The van der Waals surface area contributed by atoms with Crippen molar-refractivity contribution >= 4 is 15.9 Å². The fourth-order valence-electron chi connectivity index (χ4n) is 2.13. The largest absolute Gasteiger partial charge is 0.272 e. The Morgan fingerprint density at radius 3 is 2.24 bits per heavy atom. The van der Waals surface area contributed by atoms with E-state index < -0.39 is 10.0 Å². The number of hydrogen-bond acceptors (Lipinski definition) is 3. The van der Waals surface area contributed by atoms with Crippen LogP contribution in [0.4, 0.5) is 0 Å². The first-order valence-corrected chi connectivity index (χ1v) is 9.04. The first-order valence-electron chi connectivity index (χ1n) is 7.60. The second kappa shape index (κ2) is 8.17. The third-order valence-electron chi connectivity index (χ3n) is 3.28. The number of aliphatic imine (C=N–C) groups is 1. The van der Waals surface area contributed by atoms with E-state index in [1.165, 1.54) is 4.31 Å². The highest BCUT2D eigenvalue weighted by molar-refractivity contribution is 7.89. The van der Waals surface area contributed by atoms with E-state index >= 15 is 0 Å². The molecule has 0 fully saturated rings. The molecule has 0 heterocycles. The lowest BCUT2D eigenvalue weighted by Gasteiger charge is -2.24. The van der Waals surface area contributed by atoms with Crippen LogP contribution in [0.5, 0.6) is 0 Å². The summed E-state index contributed by atoms with van der Waals surface area (Å²) in [7, 11) is -3.52. The topological polar surface area (TPSA) is 49.7 Å². The normalized spacial score (nSPS) is 12.5. The molecule has 0 radical (unpaired) electrons. The highest BCUT2D eigenvalue weighted by atomic mass is 32.2. The SMILES string of the molecule is CCCCC(=NCC)N(CC)S(=O)(=O)c1ccc(C)cc1. The molecule has 1 aromatic rings.